The molecule has 1 unspecified atom stereocenters. The molecule has 0 fully saturated rings. The lowest BCUT2D eigenvalue weighted by Crippen LogP contribution is -2.24. The maximum absolute atomic E-state index is 11.8. The normalized spacial score (nSPS) is 14.9. The van der Waals surface area contributed by atoms with Gasteiger partial charge in [-0.15, -0.1) is 0 Å². The van der Waals surface area contributed by atoms with Crippen LogP contribution < -0.4 is 9.47 Å². The number of carbonyl (C=O) groups is 1. The van der Waals surface area contributed by atoms with Crippen LogP contribution in [0, 0.1) is 0 Å². The second-order valence-corrected chi connectivity index (χ2v) is 5.42. The lowest BCUT2D eigenvalue weighted by atomic mass is 10.0. The molecule has 0 saturated carbocycles. The van der Waals surface area contributed by atoms with Crippen molar-refractivity contribution >= 4 is 17.6 Å². The first-order chi connectivity index (χ1) is 10.0. The van der Waals surface area contributed by atoms with Crippen LogP contribution in [-0.2, 0) is 9.53 Å². The summed E-state index contributed by atoms with van der Waals surface area (Å²) in [4.78, 5) is 13.7. The van der Waals surface area contributed by atoms with Gasteiger partial charge in [-0.05, 0) is 38.7 Å². The molecule has 1 heterocycles. The van der Waals surface area contributed by atoms with Crippen molar-refractivity contribution in [1.82, 2.24) is 4.90 Å². The van der Waals surface area contributed by atoms with Crippen LogP contribution in [0.1, 0.15) is 24.9 Å². The summed E-state index contributed by atoms with van der Waals surface area (Å²) < 4.78 is 16.1. The minimum Gasteiger partial charge on any atom is -0.486 e. The van der Waals surface area contributed by atoms with Crippen LogP contribution in [0.5, 0.6) is 11.5 Å². The lowest BCUT2D eigenvalue weighted by molar-refractivity contribution is -0.144. The second-order valence-electron chi connectivity index (χ2n) is 5.02. The van der Waals surface area contributed by atoms with Gasteiger partial charge in [0.1, 0.15) is 13.2 Å². The standard InChI is InChI=1S/C15H20ClNO4/c1-4-19-14(18)9-12(17(2)3)10-7-11(16)15-13(8-10)20-5-6-21-15/h7-8,12H,4-6,9H2,1-3H3. The number of esters is 1. The van der Waals surface area contributed by atoms with Gasteiger partial charge in [0.25, 0.3) is 0 Å². The first-order valence-electron chi connectivity index (χ1n) is 6.94. The van der Waals surface area contributed by atoms with E-state index in [1.54, 1.807) is 6.92 Å². The molecule has 0 spiro atoms. The van der Waals surface area contributed by atoms with Gasteiger partial charge < -0.3 is 19.1 Å². The zero-order chi connectivity index (χ0) is 15.4. The van der Waals surface area contributed by atoms with E-state index < -0.39 is 0 Å². The Bertz CT molecular complexity index is 519. The van der Waals surface area contributed by atoms with Crippen LogP contribution in [0.2, 0.25) is 5.02 Å². The molecule has 21 heavy (non-hydrogen) atoms. The topological polar surface area (TPSA) is 48.0 Å². The van der Waals surface area contributed by atoms with E-state index in [1.807, 2.05) is 31.1 Å². The van der Waals surface area contributed by atoms with Gasteiger partial charge >= 0.3 is 5.97 Å². The highest BCUT2D eigenvalue weighted by molar-refractivity contribution is 6.32. The summed E-state index contributed by atoms with van der Waals surface area (Å²) in [6.45, 7) is 3.16. The Labute approximate surface area is 129 Å². The molecule has 0 aliphatic carbocycles. The second kappa shape index (κ2) is 7.00. The van der Waals surface area contributed by atoms with Crippen molar-refractivity contribution in [2.45, 2.75) is 19.4 Å². The Balaban J connectivity index is 2.28. The van der Waals surface area contributed by atoms with Gasteiger partial charge in [0.15, 0.2) is 11.5 Å². The van der Waals surface area contributed by atoms with Gasteiger partial charge in [0.2, 0.25) is 0 Å². The fraction of sp³-hybridized carbons (Fsp3) is 0.533. The van der Waals surface area contributed by atoms with Crippen molar-refractivity contribution in [2.75, 3.05) is 33.9 Å². The predicted molar refractivity (Wildman–Crippen MR) is 80.1 cm³/mol. The van der Waals surface area contributed by atoms with Gasteiger partial charge in [-0.2, -0.15) is 0 Å². The van der Waals surface area contributed by atoms with Crippen molar-refractivity contribution in [3.8, 4) is 11.5 Å². The Morgan fingerprint density at radius 3 is 2.76 bits per heavy atom. The number of carbonyl (C=O) groups excluding carboxylic acids is 1. The van der Waals surface area contributed by atoms with Crippen molar-refractivity contribution in [1.29, 1.82) is 0 Å². The molecule has 116 valence electrons. The Morgan fingerprint density at radius 1 is 1.38 bits per heavy atom. The zero-order valence-electron chi connectivity index (χ0n) is 12.5. The van der Waals surface area contributed by atoms with Crippen molar-refractivity contribution in [3.05, 3.63) is 22.7 Å². The summed E-state index contributed by atoms with van der Waals surface area (Å²) in [7, 11) is 3.82. The molecular formula is C15H20ClNO4. The quantitative estimate of drug-likeness (QED) is 0.782. The molecule has 1 aliphatic heterocycles. The number of benzene rings is 1. The molecule has 1 aromatic rings. The zero-order valence-corrected chi connectivity index (χ0v) is 13.3. The van der Waals surface area contributed by atoms with Gasteiger partial charge in [0, 0.05) is 6.04 Å². The van der Waals surface area contributed by atoms with Crippen molar-refractivity contribution in [2.24, 2.45) is 0 Å². The average molecular weight is 314 g/mol. The van der Waals surface area contributed by atoms with E-state index in [0.29, 0.717) is 36.3 Å². The van der Waals surface area contributed by atoms with Gasteiger partial charge in [-0.1, -0.05) is 11.6 Å². The molecule has 0 amide bonds. The molecule has 0 saturated heterocycles. The fourth-order valence-corrected chi connectivity index (χ4v) is 2.57. The molecule has 1 atom stereocenters. The van der Waals surface area contributed by atoms with Crippen LogP contribution in [0.3, 0.4) is 0 Å². The highest BCUT2D eigenvalue weighted by Crippen LogP contribution is 2.40. The van der Waals surface area contributed by atoms with Crippen LogP contribution in [0.15, 0.2) is 12.1 Å². The molecule has 0 N–H and O–H groups in total. The van der Waals surface area contributed by atoms with Crippen LogP contribution in [0.25, 0.3) is 0 Å². The highest BCUT2D eigenvalue weighted by Gasteiger charge is 2.24. The molecule has 1 aromatic carbocycles. The molecule has 5 nitrogen and oxygen atoms in total. The summed E-state index contributed by atoms with van der Waals surface area (Å²) in [5, 5.41) is 0.498. The monoisotopic (exact) mass is 313 g/mol. The minimum absolute atomic E-state index is 0.127. The maximum atomic E-state index is 11.8. The van der Waals surface area contributed by atoms with Crippen LogP contribution in [0.4, 0.5) is 0 Å². The van der Waals surface area contributed by atoms with E-state index in [0.717, 1.165) is 5.56 Å². The third kappa shape index (κ3) is 3.80. The van der Waals surface area contributed by atoms with Crippen molar-refractivity contribution in [3.63, 3.8) is 0 Å². The SMILES string of the molecule is CCOC(=O)CC(c1cc(Cl)c2c(c1)OCCO2)N(C)C. The van der Waals surface area contributed by atoms with E-state index in [2.05, 4.69) is 0 Å². The summed E-state index contributed by atoms with van der Waals surface area (Å²) in [5.74, 6) is 0.960. The Kier molecular flexibility index (Phi) is 5.31. The molecule has 1 aliphatic rings. The summed E-state index contributed by atoms with van der Waals surface area (Å²) in [6, 6.07) is 3.57. The number of hydrogen-bond donors (Lipinski definition) is 0. The smallest absolute Gasteiger partial charge is 0.307 e. The number of rotatable bonds is 5. The molecule has 6 heteroatoms. The number of fused-ring (bicyclic) bond motifs is 1. The minimum atomic E-state index is -0.234. The van der Waals surface area contributed by atoms with Gasteiger partial charge in [-0.3, -0.25) is 4.79 Å². The number of halogens is 1. The third-order valence-electron chi connectivity index (χ3n) is 3.29. The summed E-state index contributed by atoms with van der Waals surface area (Å²) in [5.41, 5.74) is 0.905. The first-order valence-corrected chi connectivity index (χ1v) is 7.31. The summed E-state index contributed by atoms with van der Waals surface area (Å²) >= 11 is 6.25. The number of ether oxygens (including phenoxy) is 3. The van der Waals surface area contributed by atoms with Gasteiger partial charge in [-0.25, -0.2) is 0 Å². The first kappa shape index (κ1) is 15.9. The Hall–Kier alpha value is -1.46. The Morgan fingerprint density at radius 2 is 2.10 bits per heavy atom. The summed E-state index contributed by atoms with van der Waals surface area (Å²) in [6.07, 6.45) is 0.261. The maximum Gasteiger partial charge on any atom is 0.307 e. The van der Waals surface area contributed by atoms with Crippen molar-refractivity contribution < 1.29 is 19.0 Å². The van der Waals surface area contributed by atoms with E-state index >= 15 is 0 Å². The number of hydrogen-bond acceptors (Lipinski definition) is 5. The molecule has 2 rings (SSSR count). The van der Waals surface area contributed by atoms with Gasteiger partial charge in [0.05, 0.1) is 18.1 Å². The lowest BCUT2D eigenvalue weighted by Gasteiger charge is -2.26. The molecule has 0 bridgehead atoms. The predicted octanol–water partition coefficient (Wildman–Crippen LogP) is 2.67. The van der Waals surface area contributed by atoms with E-state index in [1.165, 1.54) is 0 Å². The van der Waals surface area contributed by atoms with E-state index in [9.17, 15) is 4.79 Å². The molecule has 0 aromatic heterocycles. The number of nitrogens with zero attached hydrogens (tertiary/aromatic N) is 1. The molecular weight excluding hydrogens is 294 g/mol. The van der Waals surface area contributed by atoms with Crippen LogP contribution in [-0.4, -0.2) is 44.8 Å². The molecule has 0 radical (unpaired) electrons. The largest absolute Gasteiger partial charge is 0.486 e. The van der Waals surface area contributed by atoms with E-state index in [-0.39, 0.29) is 18.4 Å². The third-order valence-corrected chi connectivity index (χ3v) is 3.57. The average Bonchev–Trinajstić information content (AvgIpc) is 2.44. The fourth-order valence-electron chi connectivity index (χ4n) is 2.30. The highest BCUT2D eigenvalue weighted by atomic mass is 35.5. The van der Waals surface area contributed by atoms with Crippen LogP contribution >= 0.6 is 11.6 Å². The van der Waals surface area contributed by atoms with E-state index in [4.69, 9.17) is 25.8 Å².